The molecule has 40 heavy (non-hydrogen) atoms. The lowest BCUT2D eigenvalue weighted by molar-refractivity contribution is 0.0724. The van der Waals surface area contributed by atoms with Crippen LogP contribution in [0.4, 0.5) is 9.93 Å². The highest BCUT2D eigenvalue weighted by molar-refractivity contribution is 7.13. The third-order valence-corrected chi connectivity index (χ3v) is 7.50. The van der Waals surface area contributed by atoms with E-state index in [1.54, 1.807) is 68.7 Å². The first-order valence-electron chi connectivity index (χ1n) is 12.0. The summed E-state index contributed by atoms with van der Waals surface area (Å²) in [4.78, 5) is 32.3. The molecule has 0 spiro atoms. The molecule has 0 radical (unpaired) electrons. The molecule has 2 aromatic carbocycles. The number of amides is 3. The number of nitrogens with zero attached hydrogens (tertiary/aromatic N) is 3. The minimum atomic E-state index is -0.432. The number of halogens is 2. The molecule has 0 aliphatic carbocycles. The maximum Gasteiger partial charge on any atom is 0.321 e. The number of hydrogen-bond donors (Lipinski definition) is 2. The van der Waals surface area contributed by atoms with Crippen molar-refractivity contribution in [2.75, 3.05) is 19.5 Å². The third kappa shape index (κ3) is 7.04. The molecule has 210 valence electrons. The number of aryl methyl sites for hydroxylation is 2. The van der Waals surface area contributed by atoms with Gasteiger partial charge in [0.2, 0.25) is 0 Å². The molecule has 2 aromatic heterocycles. The van der Waals surface area contributed by atoms with Crippen LogP contribution < -0.4 is 20.1 Å². The average molecular weight is 605 g/mol. The Morgan fingerprint density at radius 3 is 2.52 bits per heavy atom. The van der Waals surface area contributed by atoms with E-state index in [0.717, 1.165) is 11.1 Å². The van der Waals surface area contributed by atoms with E-state index in [2.05, 4.69) is 20.8 Å². The van der Waals surface area contributed by atoms with Gasteiger partial charge in [0, 0.05) is 23.6 Å². The van der Waals surface area contributed by atoms with Crippen LogP contribution in [0.5, 0.6) is 11.5 Å². The summed E-state index contributed by atoms with van der Waals surface area (Å²) < 4.78 is 16.1. The van der Waals surface area contributed by atoms with E-state index >= 15 is 0 Å². The molecule has 4 aromatic rings. The Morgan fingerprint density at radius 1 is 1.05 bits per heavy atom. The molecular formula is C27H27Cl2N5O5S. The summed E-state index contributed by atoms with van der Waals surface area (Å²) in [6.07, 6.45) is 0. The number of thiazole rings is 1. The van der Waals surface area contributed by atoms with Gasteiger partial charge in [0.05, 0.1) is 48.7 Å². The zero-order chi connectivity index (χ0) is 28.8. The summed E-state index contributed by atoms with van der Waals surface area (Å²) in [5, 5.41) is 12.4. The second-order valence-electron chi connectivity index (χ2n) is 8.74. The standard InChI is InChI=1S/C27H27Cl2N5O5S/c1-15-24(16(2)39-33-15)25(35)34(12-18-6-7-20(37-3)10-23(18)38-4)13-19-14-40-27(31-19)32-26(36)30-11-17-5-8-21(28)22(29)9-17/h5-10,14H,11-13H2,1-4H3,(H2,30,31,32,36). The topological polar surface area (TPSA) is 119 Å². The molecule has 0 saturated heterocycles. The smallest absolute Gasteiger partial charge is 0.321 e. The summed E-state index contributed by atoms with van der Waals surface area (Å²) >= 11 is 13.2. The highest BCUT2D eigenvalue weighted by Crippen LogP contribution is 2.28. The molecule has 2 heterocycles. The van der Waals surface area contributed by atoms with Crippen molar-refractivity contribution in [3.63, 3.8) is 0 Å². The van der Waals surface area contributed by atoms with Gasteiger partial charge in [-0.25, -0.2) is 9.78 Å². The van der Waals surface area contributed by atoms with Gasteiger partial charge in [-0.15, -0.1) is 11.3 Å². The summed E-state index contributed by atoms with van der Waals surface area (Å²) in [6, 6.07) is 10.1. The minimum Gasteiger partial charge on any atom is -0.497 e. The SMILES string of the molecule is COc1ccc(CN(Cc2csc(NC(=O)NCc3ccc(Cl)c(Cl)c3)n2)C(=O)c2c(C)noc2C)c(OC)c1. The van der Waals surface area contributed by atoms with Gasteiger partial charge in [0.1, 0.15) is 22.8 Å². The average Bonchev–Trinajstić information content (AvgIpc) is 3.53. The minimum absolute atomic E-state index is 0.168. The maximum absolute atomic E-state index is 13.7. The molecule has 0 saturated carbocycles. The fraction of sp³-hybridized carbons (Fsp3) is 0.259. The van der Waals surface area contributed by atoms with Crippen LogP contribution in [0.1, 0.15) is 38.6 Å². The van der Waals surface area contributed by atoms with Crippen molar-refractivity contribution in [2.24, 2.45) is 0 Å². The van der Waals surface area contributed by atoms with Crippen molar-refractivity contribution in [1.82, 2.24) is 20.4 Å². The Labute approximate surface area is 245 Å². The molecule has 0 bridgehead atoms. The van der Waals surface area contributed by atoms with Crippen molar-refractivity contribution in [3.8, 4) is 11.5 Å². The van der Waals surface area contributed by atoms with Crippen LogP contribution in [0.25, 0.3) is 0 Å². The predicted molar refractivity (Wildman–Crippen MR) is 154 cm³/mol. The highest BCUT2D eigenvalue weighted by atomic mass is 35.5. The largest absolute Gasteiger partial charge is 0.497 e. The Morgan fingerprint density at radius 2 is 1.85 bits per heavy atom. The number of benzene rings is 2. The molecule has 0 atom stereocenters. The van der Waals surface area contributed by atoms with Gasteiger partial charge in [0.15, 0.2) is 5.13 Å². The fourth-order valence-corrected chi connectivity index (χ4v) is 4.96. The fourth-order valence-electron chi connectivity index (χ4n) is 3.94. The second-order valence-corrected chi connectivity index (χ2v) is 10.4. The molecule has 2 N–H and O–H groups in total. The first-order chi connectivity index (χ1) is 19.2. The third-order valence-electron chi connectivity index (χ3n) is 5.95. The van der Waals surface area contributed by atoms with Crippen LogP contribution in [0, 0.1) is 13.8 Å². The van der Waals surface area contributed by atoms with Gasteiger partial charge < -0.3 is 24.2 Å². The molecule has 10 nitrogen and oxygen atoms in total. The molecular weight excluding hydrogens is 577 g/mol. The van der Waals surface area contributed by atoms with E-state index in [0.29, 0.717) is 49.4 Å². The number of ether oxygens (including phenoxy) is 2. The van der Waals surface area contributed by atoms with Gasteiger partial charge in [-0.1, -0.05) is 34.4 Å². The number of anilines is 1. The van der Waals surface area contributed by atoms with Crippen molar-refractivity contribution in [2.45, 2.75) is 33.5 Å². The first kappa shape index (κ1) is 29.2. The Hall–Kier alpha value is -3.80. The van der Waals surface area contributed by atoms with E-state index in [-0.39, 0.29) is 25.5 Å². The van der Waals surface area contributed by atoms with Gasteiger partial charge in [-0.2, -0.15) is 0 Å². The number of rotatable bonds is 10. The van der Waals surface area contributed by atoms with Crippen molar-refractivity contribution in [1.29, 1.82) is 0 Å². The van der Waals surface area contributed by atoms with E-state index < -0.39 is 6.03 Å². The van der Waals surface area contributed by atoms with Crippen LogP contribution in [0.15, 0.2) is 46.3 Å². The van der Waals surface area contributed by atoms with Crippen LogP contribution in [-0.4, -0.2) is 41.2 Å². The van der Waals surface area contributed by atoms with Gasteiger partial charge >= 0.3 is 6.03 Å². The summed E-state index contributed by atoms with van der Waals surface area (Å²) in [7, 11) is 3.13. The van der Waals surface area contributed by atoms with Gasteiger partial charge in [-0.05, 0) is 43.7 Å². The maximum atomic E-state index is 13.7. The van der Waals surface area contributed by atoms with Crippen molar-refractivity contribution >= 4 is 51.6 Å². The number of aromatic nitrogens is 2. The molecule has 0 aliphatic rings. The van der Waals surface area contributed by atoms with E-state index in [1.807, 2.05) is 6.07 Å². The molecule has 13 heteroatoms. The molecule has 0 fully saturated rings. The summed E-state index contributed by atoms with van der Waals surface area (Å²) in [6.45, 7) is 4.06. The van der Waals surface area contributed by atoms with E-state index in [1.165, 1.54) is 11.3 Å². The summed E-state index contributed by atoms with van der Waals surface area (Å²) in [5.41, 5.74) is 3.05. The lowest BCUT2D eigenvalue weighted by Crippen LogP contribution is -2.31. The van der Waals surface area contributed by atoms with E-state index in [4.69, 9.17) is 37.2 Å². The Balaban J connectivity index is 1.49. The predicted octanol–water partition coefficient (Wildman–Crippen LogP) is 6.24. The van der Waals surface area contributed by atoms with Crippen LogP contribution in [0.2, 0.25) is 10.0 Å². The monoisotopic (exact) mass is 603 g/mol. The zero-order valence-electron chi connectivity index (χ0n) is 22.2. The van der Waals surface area contributed by atoms with Gasteiger partial charge in [-0.3, -0.25) is 10.1 Å². The Bertz CT molecular complexity index is 1500. The summed E-state index contributed by atoms with van der Waals surface area (Å²) in [5.74, 6) is 1.37. The lowest BCUT2D eigenvalue weighted by Gasteiger charge is -2.23. The van der Waals surface area contributed by atoms with E-state index in [9.17, 15) is 9.59 Å². The molecule has 0 aliphatic heterocycles. The van der Waals surface area contributed by atoms with Crippen LogP contribution >= 0.6 is 34.5 Å². The molecule has 4 rings (SSSR count). The molecule has 0 unspecified atom stereocenters. The normalized spacial score (nSPS) is 10.8. The number of carbonyl (C=O) groups is 2. The first-order valence-corrected chi connectivity index (χ1v) is 13.7. The van der Waals surface area contributed by atoms with Crippen LogP contribution in [-0.2, 0) is 19.6 Å². The van der Waals surface area contributed by atoms with Crippen molar-refractivity contribution in [3.05, 3.63) is 85.7 Å². The van der Waals surface area contributed by atoms with Gasteiger partial charge in [0.25, 0.3) is 5.91 Å². The van der Waals surface area contributed by atoms with Crippen molar-refractivity contribution < 1.29 is 23.6 Å². The molecule has 3 amide bonds. The lowest BCUT2D eigenvalue weighted by atomic mass is 10.1. The quantitative estimate of drug-likeness (QED) is 0.220. The number of nitrogens with one attached hydrogen (secondary N) is 2. The second kappa shape index (κ2) is 13.0. The van der Waals surface area contributed by atoms with Crippen LogP contribution in [0.3, 0.4) is 0 Å². The number of methoxy groups -OCH3 is 2. The number of carbonyl (C=O) groups excluding carboxylic acids is 2. The zero-order valence-corrected chi connectivity index (χ0v) is 24.5. The highest BCUT2D eigenvalue weighted by Gasteiger charge is 2.25. The number of urea groups is 1. The number of hydrogen-bond acceptors (Lipinski definition) is 8. The Kier molecular flexibility index (Phi) is 9.51.